The third-order valence-electron chi connectivity index (χ3n) is 0. The second-order valence-corrected chi connectivity index (χ2v) is 0. The van der Waals surface area contributed by atoms with Gasteiger partial charge in [0.05, 0.1) is 0 Å². The van der Waals surface area contributed by atoms with E-state index in [4.69, 9.17) is 5.73 Å². The summed E-state index contributed by atoms with van der Waals surface area (Å²) in [6.45, 7) is 0. The molecule has 36 valence electrons. The van der Waals surface area contributed by atoms with Gasteiger partial charge in [-0.15, -0.1) is 0 Å². The van der Waals surface area contributed by atoms with E-state index >= 15 is 0 Å². The smallest absolute Gasteiger partial charge is 0.693 e. The van der Waals surface area contributed by atoms with Crippen LogP contribution in [0, 0.1) is 7.43 Å². The first kappa shape index (κ1) is 47.2. The van der Waals surface area contributed by atoms with E-state index in [2.05, 4.69) is 0 Å². The van der Waals surface area contributed by atoms with Gasteiger partial charge >= 0.3 is 20.1 Å². The molecule has 0 aliphatic heterocycles. The fraction of sp³-hybridized carbons (Fsp3) is 0.500. The molecule has 0 saturated heterocycles. The molecular weight excluding hydrogens is 244 g/mol. The van der Waals surface area contributed by atoms with Crippen molar-refractivity contribution in [2.75, 3.05) is 7.05 Å². The number of hydrogen-bond donors (Lipinski definition) is 0. The minimum Gasteiger partial charge on any atom is -0.693 e. The van der Waals surface area contributed by atoms with Gasteiger partial charge in [0.25, 0.3) is 0 Å². The summed E-state index contributed by atoms with van der Waals surface area (Å²) in [5.74, 6) is 0. The van der Waals surface area contributed by atoms with E-state index in [1.165, 1.54) is 7.05 Å². The van der Waals surface area contributed by atoms with Crippen molar-refractivity contribution >= 4 is 0 Å². The van der Waals surface area contributed by atoms with Crippen LogP contribution in [0.3, 0.4) is 0 Å². The van der Waals surface area contributed by atoms with Gasteiger partial charge < -0.3 is 19.3 Å². The second kappa shape index (κ2) is 180. The van der Waals surface area contributed by atoms with E-state index in [-0.39, 0.29) is 33.7 Å². The predicted octanol–water partition coefficient (Wildman–Crippen LogP) is 1.83. The molecule has 0 unspecified atom stereocenters. The number of hydrogen-bond acceptors (Lipinski definition) is 0. The minimum atomic E-state index is 0. The first-order chi connectivity index (χ1) is 1.00. The third-order valence-corrected chi connectivity index (χ3v) is 0. The van der Waals surface area contributed by atoms with Gasteiger partial charge in [0.15, 0.2) is 0 Å². The Bertz CT molecular complexity index is 7.61. The number of rotatable bonds is 0. The van der Waals surface area contributed by atoms with Crippen LogP contribution in [0.4, 0.5) is 0 Å². The van der Waals surface area contributed by atoms with E-state index in [0.29, 0.717) is 0 Å². The van der Waals surface area contributed by atoms with Crippen LogP contribution in [0.1, 0.15) is 0 Å². The normalized spacial score (nSPS) is 1.20. The molecule has 0 rings (SSSR count). The molecule has 0 aromatic heterocycles. The molecular formula is C2H9IrN2. The molecule has 0 radical (unpaired) electrons. The topological polar surface area (TPSA) is 57.3 Å². The van der Waals surface area contributed by atoms with Crippen molar-refractivity contribution in [3.05, 3.63) is 19.3 Å². The van der Waals surface area contributed by atoms with Crippen LogP contribution in [-0.2, 0) is 20.1 Å². The Balaban J connectivity index is -0.00000000167. The molecule has 0 aliphatic carbocycles. The zero-order valence-electron chi connectivity index (χ0n) is 3.41. The predicted molar refractivity (Wildman–Crippen MR) is 21.9 cm³/mol. The van der Waals surface area contributed by atoms with Crippen LogP contribution >= 0.6 is 0 Å². The molecule has 0 aromatic rings. The van der Waals surface area contributed by atoms with Gasteiger partial charge in [0, 0.05) is 0 Å². The van der Waals surface area contributed by atoms with Crippen LogP contribution in [0.2, 0.25) is 0 Å². The molecule has 2 nitrogen and oxygen atoms in total. The summed E-state index contributed by atoms with van der Waals surface area (Å²) in [4.78, 5) is 0. The molecule has 0 aromatic carbocycles. The largest absolute Gasteiger partial charge is 3.00 e. The Labute approximate surface area is 47.1 Å². The van der Waals surface area contributed by atoms with Crippen molar-refractivity contribution < 1.29 is 20.1 Å². The van der Waals surface area contributed by atoms with Gasteiger partial charge in [-0.25, -0.2) is 0 Å². The summed E-state index contributed by atoms with van der Waals surface area (Å²) in [5, 5.41) is 0. The maximum Gasteiger partial charge on any atom is 3.00 e. The van der Waals surface area contributed by atoms with Crippen LogP contribution in [0.15, 0.2) is 0 Å². The fourth-order valence-electron chi connectivity index (χ4n) is 0. The van der Waals surface area contributed by atoms with Crippen molar-refractivity contribution in [2.45, 2.75) is 0 Å². The molecule has 0 atom stereocenters. The Hall–Kier alpha value is 0.569. The van der Waals surface area contributed by atoms with Crippen LogP contribution in [-0.4, -0.2) is 7.05 Å². The maximum atomic E-state index is 5.75. The summed E-state index contributed by atoms with van der Waals surface area (Å²) in [6.07, 6.45) is 0. The van der Waals surface area contributed by atoms with E-state index in [1.807, 2.05) is 0 Å². The van der Waals surface area contributed by atoms with Crippen molar-refractivity contribution in [3.8, 4) is 0 Å². The number of nitrogens with two attached hydrogens (primary N) is 1. The molecule has 0 aliphatic rings. The molecule has 0 amide bonds. The van der Waals surface area contributed by atoms with Gasteiger partial charge in [-0.1, -0.05) is 0 Å². The van der Waals surface area contributed by atoms with Gasteiger partial charge in [-0.2, -0.15) is 7.05 Å². The van der Waals surface area contributed by atoms with Crippen LogP contribution < -0.4 is 0 Å². The van der Waals surface area contributed by atoms with Crippen molar-refractivity contribution in [1.82, 2.24) is 0 Å². The van der Waals surface area contributed by atoms with Crippen molar-refractivity contribution in [1.29, 1.82) is 0 Å². The van der Waals surface area contributed by atoms with E-state index < -0.39 is 0 Å². The summed E-state index contributed by atoms with van der Waals surface area (Å²) in [5.41, 5.74) is 5.75. The molecule has 0 bridgehead atoms. The molecule has 0 heterocycles. The van der Waals surface area contributed by atoms with Gasteiger partial charge in [0.2, 0.25) is 0 Å². The van der Waals surface area contributed by atoms with Gasteiger partial charge in [0.1, 0.15) is 0 Å². The summed E-state index contributed by atoms with van der Waals surface area (Å²) < 4.78 is 0. The standard InChI is InChI=1S/CH4N.CH3.Ir.H2N/c1-2;;;/h2H,1H3;1H3;;1H2/q2*-1;+3;-1. The zero-order chi connectivity index (χ0) is 2.00. The third kappa shape index (κ3) is 93.1. The zero-order valence-corrected chi connectivity index (χ0v) is 5.81. The molecule has 0 spiro atoms. The van der Waals surface area contributed by atoms with Crippen LogP contribution in [0.5, 0.6) is 0 Å². The number of nitrogens with one attached hydrogen (secondary N) is 1. The first-order valence-electron chi connectivity index (χ1n) is 0.500. The molecule has 5 heavy (non-hydrogen) atoms. The van der Waals surface area contributed by atoms with Gasteiger partial charge in [-0.05, 0) is 0 Å². The first-order valence-corrected chi connectivity index (χ1v) is 0.500. The average Bonchev–Trinajstić information content (AvgIpc) is 1.00. The maximum absolute atomic E-state index is 5.75. The van der Waals surface area contributed by atoms with E-state index in [9.17, 15) is 0 Å². The minimum absolute atomic E-state index is 0. The molecule has 3 heteroatoms. The van der Waals surface area contributed by atoms with Crippen molar-refractivity contribution in [2.24, 2.45) is 0 Å². The van der Waals surface area contributed by atoms with E-state index in [0.717, 1.165) is 0 Å². The monoisotopic (exact) mass is 254 g/mol. The average molecular weight is 253 g/mol. The Kier molecular flexibility index (Phi) is 1700. The molecule has 0 saturated carbocycles. The quantitative estimate of drug-likeness (QED) is 0.591. The Morgan fingerprint density at radius 2 is 1.20 bits per heavy atom. The summed E-state index contributed by atoms with van der Waals surface area (Å²) in [6, 6.07) is 0. The Morgan fingerprint density at radius 1 is 1.20 bits per heavy atom. The van der Waals surface area contributed by atoms with E-state index in [1.54, 1.807) is 0 Å². The SMILES string of the molecule is C[NH-].[CH3-].[Ir+3].[NH2-]. The van der Waals surface area contributed by atoms with Gasteiger partial charge in [-0.3, -0.25) is 0 Å². The fourth-order valence-corrected chi connectivity index (χ4v) is 0. The summed E-state index contributed by atoms with van der Waals surface area (Å²) in [7, 11) is 1.25. The van der Waals surface area contributed by atoms with Crippen molar-refractivity contribution in [3.63, 3.8) is 0 Å². The molecule has 0 fully saturated rings. The molecule has 3 N–H and O–H groups in total. The van der Waals surface area contributed by atoms with Crippen LogP contribution in [0.25, 0.3) is 11.9 Å². The summed E-state index contributed by atoms with van der Waals surface area (Å²) >= 11 is 0. The Morgan fingerprint density at radius 3 is 1.20 bits per heavy atom. The second-order valence-electron chi connectivity index (χ2n) is 0.